The van der Waals surface area contributed by atoms with Gasteiger partial charge < -0.3 is 79.2 Å². The van der Waals surface area contributed by atoms with Crippen LogP contribution in [0.5, 0.6) is 0 Å². The minimum atomic E-state index is -1.51. The van der Waals surface area contributed by atoms with Crippen molar-refractivity contribution in [3.05, 3.63) is 59.5 Å². The van der Waals surface area contributed by atoms with E-state index in [9.17, 15) is 81.8 Å². The number of aldehydes is 2. The Morgan fingerprint density at radius 2 is 1.05 bits per heavy atom. The number of benzene rings is 1. The predicted molar refractivity (Wildman–Crippen MR) is 459 cm³/mol. The molecule has 0 saturated carbocycles. The largest absolute Gasteiger partial charge is 0.512 e. The average molecular weight is 1700 g/mol. The van der Waals surface area contributed by atoms with Gasteiger partial charge in [0.15, 0.2) is 40.5 Å². The van der Waals surface area contributed by atoms with Crippen LogP contribution in [-0.4, -0.2) is 232 Å². The summed E-state index contributed by atoms with van der Waals surface area (Å²) < 4.78 is 0. The maximum atomic E-state index is 14.8. The molecule has 1 aliphatic rings. The number of nitrogens with zero attached hydrogens (tertiary/aromatic N) is 2. The fraction of sp³-hybridized carbons (Fsp3) is 0.674. The molecule has 121 heavy (non-hydrogen) atoms. The number of Topliss-reactive ketones (excluding diaryl/α,β-unsaturated/α-hetero) is 9. The number of fused-ring (bicyclic) bond motifs is 1. The molecule has 35 nitrogen and oxygen atoms in total. The van der Waals surface area contributed by atoms with Crippen LogP contribution in [0.4, 0.5) is 0 Å². The number of azo groups is 1. The first-order chi connectivity index (χ1) is 57.2. The van der Waals surface area contributed by atoms with Crippen molar-refractivity contribution < 1.29 is 86.9 Å². The third-order valence-corrected chi connectivity index (χ3v) is 22.0. The van der Waals surface area contributed by atoms with Crippen LogP contribution in [-0.2, 0) is 83.1 Å². The molecule has 0 bridgehead atoms. The summed E-state index contributed by atoms with van der Waals surface area (Å²) in [5, 5.41) is 54.8. The molecule has 3 rings (SSSR count). The molecular formula is C86H139N17O18. The van der Waals surface area contributed by atoms with E-state index in [2.05, 4.69) is 73.9 Å². The quantitative estimate of drug-likeness (QED) is 0.0111. The first-order valence-electron chi connectivity index (χ1n) is 42.7. The lowest BCUT2D eigenvalue weighted by Gasteiger charge is -2.33. The second kappa shape index (κ2) is 56.6. The Bertz CT molecular complexity index is 3840. The second-order valence-electron chi connectivity index (χ2n) is 33.0. The van der Waals surface area contributed by atoms with Crippen molar-refractivity contribution in [1.82, 2.24) is 63.7 Å². The van der Waals surface area contributed by atoms with Crippen LogP contribution < -0.4 is 75.9 Å². The van der Waals surface area contributed by atoms with Crippen LogP contribution in [0.15, 0.2) is 64.2 Å². The van der Waals surface area contributed by atoms with Gasteiger partial charge in [0.05, 0.1) is 90.7 Å². The molecule has 0 radical (unpaired) electrons. The van der Waals surface area contributed by atoms with E-state index in [1.165, 1.54) is 6.92 Å². The maximum Gasteiger partial charge on any atom is 0.303 e. The number of hydrogen-bond acceptors (Lipinski definition) is 29. The summed E-state index contributed by atoms with van der Waals surface area (Å²) in [5.74, 6) is -6.47. The SMILES string of the molecule is CC(C)C[C@H](NN[C@@H](CCC(N)=O)C(=O)CN[C@@H](C)C(=O)CC(=O)[C@H](Cc1c[nH]c2ccccc12)/N=N\[C@H](C=O)CC1=CC=C(O)CC1)C(=O)N[C@@](C)(CCCCCCCCCCC[C@@](C)(N)C(=O)N[C@H](C=O)CCC(=O)O)C(=O)CN[C@@H](C)C(=O)CCN[C@@H](C)C(=O)CCC(=O)[C@H](C)NCCC(=O)[C@H](C)NCCC(=O)[C@H](C)NCN[C@H](C)C(N)=O. The zero-order chi connectivity index (χ0) is 90.4. The molecule has 1 aliphatic carbocycles. The molecule has 2 aromatic rings. The van der Waals surface area contributed by atoms with E-state index in [1.54, 1.807) is 73.7 Å². The highest BCUT2D eigenvalue weighted by Gasteiger charge is 2.38. The predicted octanol–water partition coefficient (Wildman–Crippen LogP) is 3.98. The molecule has 0 fully saturated rings. The van der Waals surface area contributed by atoms with Gasteiger partial charge in [0, 0.05) is 101 Å². The lowest BCUT2D eigenvalue weighted by Crippen LogP contribution is -2.62. The Morgan fingerprint density at radius 3 is 1.58 bits per heavy atom. The highest BCUT2D eigenvalue weighted by molar-refractivity contribution is 6.04. The zero-order valence-electron chi connectivity index (χ0n) is 72.9. The van der Waals surface area contributed by atoms with Crippen LogP contribution in [0.3, 0.4) is 0 Å². The number of hydrazine groups is 1. The highest BCUT2D eigenvalue weighted by atomic mass is 16.4. The van der Waals surface area contributed by atoms with Gasteiger partial charge in [-0.25, -0.2) is 10.9 Å². The fourth-order valence-corrected chi connectivity index (χ4v) is 13.3. The van der Waals surface area contributed by atoms with Crippen molar-refractivity contribution in [2.75, 3.05) is 39.4 Å². The van der Waals surface area contributed by atoms with Gasteiger partial charge in [-0.1, -0.05) is 101 Å². The number of unbranched alkanes of at least 4 members (excludes halogenated alkanes) is 8. The summed E-state index contributed by atoms with van der Waals surface area (Å²) >= 11 is 0. The molecule has 1 aromatic heterocycles. The van der Waals surface area contributed by atoms with Crippen LogP contribution in [0.1, 0.15) is 242 Å². The normalized spacial score (nSPS) is 16.4. The maximum absolute atomic E-state index is 14.8. The molecule has 14 atom stereocenters. The molecule has 1 heterocycles. The molecule has 1 aromatic carbocycles. The summed E-state index contributed by atoms with van der Waals surface area (Å²) in [4.78, 5) is 211. The van der Waals surface area contributed by atoms with Crippen LogP contribution in [0.25, 0.3) is 10.9 Å². The first-order valence-corrected chi connectivity index (χ1v) is 42.7. The van der Waals surface area contributed by atoms with Gasteiger partial charge in [-0.3, -0.25) is 77.8 Å². The summed E-state index contributed by atoms with van der Waals surface area (Å²) in [6.07, 6.45) is 13.8. The van der Waals surface area contributed by atoms with Gasteiger partial charge in [-0.05, 0) is 131 Å². The minimum absolute atomic E-state index is 0.0324. The third-order valence-electron chi connectivity index (χ3n) is 22.0. The number of carbonyl (C=O) groups excluding carboxylic acids is 15. The van der Waals surface area contributed by atoms with Crippen molar-refractivity contribution in [1.29, 1.82) is 0 Å². The summed E-state index contributed by atoms with van der Waals surface area (Å²) in [5.41, 5.74) is 22.7. The Hall–Kier alpha value is -9.04. The average Bonchev–Trinajstić information content (AvgIpc) is 1.46. The third kappa shape index (κ3) is 42.1. The second-order valence-corrected chi connectivity index (χ2v) is 33.0. The number of ketones is 9. The van der Waals surface area contributed by atoms with Crippen LogP contribution in [0, 0.1) is 5.92 Å². The Balaban J connectivity index is 1.67. The van der Waals surface area contributed by atoms with E-state index in [-0.39, 0.29) is 157 Å². The summed E-state index contributed by atoms with van der Waals surface area (Å²) in [6, 6.07) is -2.75. The number of carboxylic acid groups (broad SMARTS) is 1. The number of aromatic nitrogens is 1. The Kier molecular flexibility index (Phi) is 49.7. The van der Waals surface area contributed by atoms with E-state index in [1.807, 2.05) is 38.1 Å². The molecule has 676 valence electrons. The van der Waals surface area contributed by atoms with Crippen LogP contribution >= 0.6 is 0 Å². The van der Waals surface area contributed by atoms with Gasteiger partial charge >= 0.3 is 5.97 Å². The molecule has 0 unspecified atom stereocenters. The van der Waals surface area contributed by atoms with Gasteiger partial charge in [0.1, 0.15) is 42.3 Å². The van der Waals surface area contributed by atoms with Crippen molar-refractivity contribution >= 4 is 105 Å². The Labute approximate surface area is 711 Å². The van der Waals surface area contributed by atoms with Crippen molar-refractivity contribution in [3.8, 4) is 0 Å². The van der Waals surface area contributed by atoms with E-state index < -0.39 is 149 Å². The van der Waals surface area contributed by atoms with E-state index in [0.29, 0.717) is 51.1 Å². The number of aromatic amines is 1. The number of nitrogens with one attached hydrogen (secondary N) is 12. The number of H-pyrrole nitrogens is 1. The van der Waals surface area contributed by atoms with E-state index in [0.717, 1.165) is 60.6 Å². The lowest BCUT2D eigenvalue weighted by molar-refractivity contribution is -0.138. The van der Waals surface area contributed by atoms with Gasteiger partial charge in [0.2, 0.25) is 23.6 Å². The van der Waals surface area contributed by atoms with Gasteiger partial charge in [-0.2, -0.15) is 10.2 Å². The summed E-state index contributed by atoms with van der Waals surface area (Å²) in [6.45, 7) is 18.3. The standard InChI is InChI=1S/C86H139N17O18/c1-53(2)43-70(103-101-68(30-33-80(87)116)78(114)48-93-59(8)76(112)46-77(113)69(45-62-47-95-67-24-20-19-23-66(62)67)102-100-64(51-105)44-61-25-28-65(106)29-26-61)83(120)99-86(11,39-22-18-16-14-12-13-15-17-21-38-85(10,89)84(121)98-63(50-104)27-34-81(117)118)79(115)49-94-57(6)74(110)36-41-91-55(4)72(108)32-31-71(107)54(3)90-40-35-73(109)56(5)92-42-37-75(111)58(7)96-52-97-60(9)82(88)119/h19-20,23-25,28,47,50-51,53-60,63-64,68-70,90-97,101,103,106H,12-18,21-22,26-27,29-46,48-49,52,89H2,1-11H3,(H2,87,116)(H2,88,119)(H,98,121)(H,99,120)(H,117,118)/b102-100-/t54-,55-,56-,57-,58-,59-,60+,63-,64-,68-,69-,70-,85+,86-/m0/s1. The molecule has 0 saturated heterocycles. The summed E-state index contributed by atoms with van der Waals surface area (Å²) in [7, 11) is 0. The number of aliphatic hydroxyl groups excluding tert-OH is 1. The molecule has 0 aliphatic heterocycles. The zero-order valence-corrected chi connectivity index (χ0v) is 72.9. The molecule has 0 spiro atoms. The smallest absolute Gasteiger partial charge is 0.303 e. The molecule has 35 heteroatoms. The molecule has 20 N–H and O–H groups in total. The van der Waals surface area contributed by atoms with Crippen molar-refractivity contribution in [3.63, 3.8) is 0 Å². The monoisotopic (exact) mass is 1700 g/mol. The fourth-order valence-electron chi connectivity index (χ4n) is 13.3. The highest BCUT2D eigenvalue weighted by Crippen LogP contribution is 2.26. The van der Waals surface area contributed by atoms with E-state index in [4.69, 9.17) is 22.3 Å². The van der Waals surface area contributed by atoms with Gasteiger partial charge in [0.25, 0.3) is 0 Å². The Morgan fingerprint density at radius 1 is 0.537 bits per heavy atom. The number of amides is 4. The van der Waals surface area contributed by atoms with E-state index >= 15 is 0 Å². The number of primary amides is 2. The number of allylic oxidation sites excluding steroid dienone is 3. The lowest BCUT2D eigenvalue weighted by atomic mass is 9.88. The first kappa shape index (κ1) is 106. The number of aliphatic hydroxyl groups is 1. The molecular weight excluding hydrogens is 1560 g/mol. The minimum Gasteiger partial charge on any atom is -0.512 e. The number of carboxylic acids is 1. The van der Waals surface area contributed by atoms with Crippen molar-refractivity contribution in [2.45, 2.75) is 327 Å². The number of para-hydroxylation sites is 1. The topological polar surface area (TPSA) is 564 Å². The molecule has 4 amide bonds. The number of hydrogen-bond donors (Lipinski definition) is 17. The number of aliphatic carboxylic acids is 1. The number of nitrogens with two attached hydrogens (primary N) is 3. The number of carbonyl (C=O) groups is 16. The van der Waals surface area contributed by atoms with Crippen molar-refractivity contribution in [2.24, 2.45) is 33.3 Å². The van der Waals surface area contributed by atoms with Crippen LogP contribution in [0.2, 0.25) is 0 Å². The number of rotatable bonds is 72. The van der Waals surface area contributed by atoms with Gasteiger partial charge in [-0.15, -0.1) is 0 Å².